The van der Waals surface area contributed by atoms with Crippen LogP contribution in [0.5, 0.6) is 0 Å². The van der Waals surface area contributed by atoms with Crippen molar-refractivity contribution in [2.45, 2.75) is 26.8 Å². The van der Waals surface area contributed by atoms with E-state index in [1.807, 2.05) is 0 Å². The van der Waals surface area contributed by atoms with Gasteiger partial charge in [-0.25, -0.2) is 0 Å². The predicted octanol–water partition coefficient (Wildman–Crippen LogP) is 0.565. The highest BCUT2D eigenvalue weighted by Crippen LogP contribution is 2.16. The first-order valence-corrected chi connectivity index (χ1v) is 4.17. The molecule has 1 heterocycles. The second kappa shape index (κ2) is 3.11. The number of guanidine groups is 1. The van der Waals surface area contributed by atoms with E-state index < -0.39 is 0 Å². The predicted molar refractivity (Wildman–Crippen MR) is 47.4 cm³/mol. The molecular formula is C8H17N3. The molecule has 0 bridgehead atoms. The van der Waals surface area contributed by atoms with Crippen LogP contribution in [0, 0.1) is 11.8 Å². The molecule has 0 aromatic carbocycles. The molecular weight excluding hydrogens is 138 g/mol. The molecule has 0 aliphatic carbocycles. The van der Waals surface area contributed by atoms with Gasteiger partial charge in [-0.2, -0.15) is 0 Å². The normalized spacial score (nSPS) is 26.5. The topological polar surface area (TPSA) is 50.4 Å². The summed E-state index contributed by atoms with van der Waals surface area (Å²) in [5.41, 5.74) is 5.50. The Hall–Kier alpha value is -0.730. The van der Waals surface area contributed by atoms with Crippen molar-refractivity contribution >= 4 is 5.96 Å². The number of rotatable bonds is 2. The second-order valence-corrected chi connectivity index (χ2v) is 3.58. The summed E-state index contributed by atoms with van der Waals surface area (Å²) >= 11 is 0. The SMILES string of the molecule is CC(C)C(C)C1CN=C(N)N1. The average Bonchev–Trinajstić information content (AvgIpc) is 2.34. The molecule has 0 radical (unpaired) electrons. The Morgan fingerprint density at radius 3 is 2.55 bits per heavy atom. The van der Waals surface area contributed by atoms with Gasteiger partial charge in [-0.15, -0.1) is 0 Å². The molecule has 0 spiro atoms. The summed E-state index contributed by atoms with van der Waals surface area (Å²) in [6.07, 6.45) is 0. The fourth-order valence-corrected chi connectivity index (χ4v) is 1.24. The first-order valence-electron chi connectivity index (χ1n) is 4.17. The van der Waals surface area contributed by atoms with Crippen LogP contribution in [0.2, 0.25) is 0 Å². The van der Waals surface area contributed by atoms with Crippen LogP contribution in [0.4, 0.5) is 0 Å². The minimum Gasteiger partial charge on any atom is -0.370 e. The molecule has 3 nitrogen and oxygen atoms in total. The zero-order valence-corrected chi connectivity index (χ0v) is 7.46. The van der Waals surface area contributed by atoms with Gasteiger partial charge in [-0.3, -0.25) is 4.99 Å². The quantitative estimate of drug-likeness (QED) is 0.612. The van der Waals surface area contributed by atoms with Gasteiger partial charge in [0.15, 0.2) is 5.96 Å². The Kier molecular flexibility index (Phi) is 2.37. The summed E-state index contributed by atoms with van der Waals surface area (Å²) in [6, 6.07) is 0.454. The number of aliphatic imine (C=N–C) groups is 1. The van der Waals surface area contributed by atoms with Crippen LogP contribution in [0.15, 0.2) is 4.99 Å². The first kappa shape index (κ1) is 8.37. The van der Waals surface area contributed by atoms with E-state index in [0.717, 1.165) is 6.54 Å². The summed E-state index contributed by atoms with van der Waals surface area (Å²) in [5.74, 6) is 1.93. The van der Waals surface area contributed by atoms with Crippen LogP contribution in [0.3, 0.4) is 0 Å². The Bertz CT molecular complexity index is 163. The van der Waals surface area contributed by atoms with E-state index in [1.54, 1.807) is 0 Å². The summed E-state index contributed by atoms with van der Waals surface area (Å²) in [5, 5.41) is 3.16. The van der Waals surface area contributed by atoms with Crippen molar-refractivity contribution in [1.29, 1.82) is 0 Å². The highest BCUT2D eigenvalue weighted by atomic mass is 15.2. The molecule has 1 aliphatic heterocycles. The van der Waals surface area contributed by atoms with E-state index in [4.69, 9.17) is 5.73 Å². The largest absolute Gasteiger partial charge is 0.370 e. The molecule has 0 aromatic rings. The molecule has 3 N–H and O–H groups in total. The van der Waals surface area contributed by atoms with Crippen LogP contribution in [0.25, 0.3) is 0 Å². The number of hydrogen-bond donors (Lipinski definition) is 2. The standard InChI is InChI=1S/C8H17N3/c1-5(2)6(3)7-4-10-8(9)11-7/h5-7H,4H2,1-3H3,(H3,9,10,11). The summed E-state index contributed by atoms with van der Waals surface area (Å²) in [4.78, 5) is 4.10. The van der Waals surface area contributed by atoms with E-state index in [2.05, 4.69) is 31.1 Å². The maximum atomic E-state index is 5.50. The van der Waals surface area contributed by atoms with Gasteiger partial charge in [-0.05, 0) is 11.8 Å². The number of nitrogens with zero attached hydrogens (tertiary/aromatic N) is 1. The molecule has 2 atom stereocenters. The van der Waals surface area contributed by atoms with Crippen molar-refractivity contribution in [1.82, 2.24) is 5.32 Å². The molecule has 3 heteroatoms. The first-order chi connectivity index (χ1) is 5.11. The van der Waals surface area contributed by atoms with Crippen molar-refractivity contribution < 1.29 is 0 Å². The Morgan fingerprint density at radius 2 is 2.18 bits per heavy atom. The Balaban J connectivity index is 2.40. The zero-order valence-electron chi connectivity index (χ0n) is 7.46. The van der Waals surface area contributed by atoms with Gasteiger partial charge < -0.3 is 11.1 Å². The average molecular weight is 155 g/mol. The van der Waals surface area contributed by atoms with Crippen LogP contribution in [-0.4, -0.2) is 18.5 Å². The van der Waals surface area contributed by atoms with E-state index >= 15 is 0 Å². The molecule has 0 aromatic heterocycles. The Morgan fingerprint density at radius 1 is 1.55 bits per heavy atom. The maximum Gasteiger partial charge on any atom is 0.188 e. The van der Waals surface area contributed by atoms with Gasteiger partial charge in [0.25, 0.3) is 0 Å². The molecule has 1 aliphatic rings. The third-order valence-electron chi connectivity index (χ3n) is 2.48. The lowest BCUT2D eigenvalue weighted by Crippen LogP contribution is -2.40. The number of nitrogens with one attached hydrogen (secondary N) is 1. The molecule has 0 fully saturated rings. The van der Waals surface area contributed by atoms with E-state index in [1.165, 1.54) is 0 Å². The van der Waals surface area contributed by atoms with E-state index in [0.29, 0.717) is 23.8 Å². The maximum absolute atomic E-state index is 5.50. The van der Waals surface area contributed by atoms with E-state index in [-0.39, 0.29) is 0 Å². The number of hydrogen-bond acceptors (Lipinski definition) is 3. The molecule has 1 rings (SSSR count). The van der Waals surface area contributed by atoms with E-state index in [9.17, 15) is 0 Å². The molecule has 64 valence electrons. The second-order valence-electron chi connectivity index (χ2n) is 3.58. The van der Waals surface area contributed by atoms with Crippen molar-refractivity contribution in [3.63, 3.8) is 0 Å². The highest BCUT2D eigenvalue weighted by Gasteiger charge is 2.23. The monoisotopic (exact) mass is 155 g/mol. The lowest BCUT2D eigenvalue weighted by Gasteiger charge is -2.22. The minimum absolute atomic E-state index is 0.454. The minimum atomic E-state index is 0.454. The molecule has 0 amide bonds. The van der Waals surface area contributed by atoms with Gasteiger partial charge in [0.05, 0.1) is 12.6 Å². The smallest absolute Gasteiger partial charge is 0.188 e. The summed E-state index contributed by atoms with van der Waals surface area (Å²) in [7, 11) is 0. The van der Waals surface area contributed by atoms with Gasteiger partial charge in [-0.1, -0.05) is 20.8 Å². The van der Waals surface area contributed by atoms with Crippen molar-refractivity contribution in [2.75, 3.05) is 6.54 Å². The van der Waals surface area contributed by atoms with Gasteiger partial charge >= 0.3 is 0 Å². The highest BCUT2D eigenvalue weighted by molar-refractivity contribution is 5.79. The molecule has 2 unspecified atom stereocenters. The zero-order chi connectivity index (χ0) is 8.43. The van der Waals surface area contributed by atoms with Crippen molar-refractivity contribution in [2.24, 2.45) is 22.6 Å². The lowest BCUT2D eigenvalue weighted by molar-refractivity contribution is 0.340. The van der Waals surface area contributed by atoms with Crippen LogP contribution in [0.1, 0.15) is 20.8 Å². The fraction of sp³-hybridized carbons (Fsp3) is 0.875. The third-order valence-corrected chi connectivity index (χ3v) is 2.48. The van der Waals surface area contributed by atoms with Gasteiger partial charge in [0, 0.05) is 0 Å². The fourth-order valence-electron chi connectivity index (χ4n) is 1.24. The van der Waals surface area contributed by atoms with Crippen LogP contribution in [-0.2, 0) is 0 Å². The molecule has 0 saturated carbocycles. The van der Waals surface area contributed by atoms with Crippen molar-refractivity contribution in [3.8, 4) is 0 Å². The van der Waals surface area contributed by atoms with Crippen LogP contribution < -0.4 is 11.1 Å². The molecule has 0 saturated heterocycles. The van der Waals surface area contributed by atoms with Gasteiger partial charge in [0.2, 0.25) is 0 Å². The van der Waals surface area contributed by atoms with Crippen LogP contribution >= 0.6 is 0 Å². The number of nitrogens with two attached hydrogens (primary N) is 1. The molecule has 11 heavy (non-hydrogen) atoms. The lowest BCUT2D eigenvalue weighted by atomic mass is 9.91. The summed E-state index contributed by atoms with van der Waals surface area (Å²) in [6.45, 7) is 7.52. The van der Waals surface area contributed by atoms with Gasteiger partial charge in [0.1, 0.15) is 0 Å². The Labute approximate surface area is 68.1 Å². The summed E-state index contributed by atoms with van der Waals surface area (Å²) < 4.78 is 0. The third kappa shape index (κ3) is 1.85. The van der Waals surface area contributed by atoms with Crippen molar-refractivity contribution in [3.05, 3.63) is 0 Å².